The number of hydrogen-bond donors (Lipinski definition) is 11. The molecule has 6 aliphatic heterocycles. The van der Waals surface area contributed by atoms with E-state index in [0.29, 0.717) is 24.2 Å². The summed E-state index contributed by atoms with van der Waals surface area (Å²) in [5.41, 5.74) is 1.36. The highest BCUT2D eigenvalue weighted by molar-refractivity contribution is 5.67. The van der Waals surface area contributed by atoms with Gasteiger partial charge in [0.25, 0.3) is 0 Å². The summed E-state index contributed by atoms with van der Waals surface area (Å²) in [5.74, 6) is 0.398. The largest absolute Gasteiger partial charge is 0.457 e. The number of rotatable bonds is 21. The average molecular weight is 1350 g/mol. The molecule has 10 rings (SSSR count). The molecule has 540 valence electrons. The highest BCUT2D eigenvalue weighted by atomic mass is 16.8. The lowest BCUT2D eigenvalue weighted by molar-refractivity contribution is -0.368. The minimum absolute atomic E-state index is 0.00520. The standard InChI is InChI=1S/C64H104O30/c1-25(84-61-51(77)55(79-10)53(27(3)85-61)94-60-50(76)47(73)44(70)40(92-60)24-82-59-49(75)46(72)43(69)39(91-59)23-81-58-48(74)45(71)42(68)38(22-65)90-58)34-14-15-35-33-13-12-31-20-32(16-18-63(31,7)36(33)17-19-64(34,35)8)89-41-21-37(78-9)52(26(2)83-41)93-62-57(88-30(6)67)56(80-11)54(28(4)86-62)87-29(5)66/h12,25-28,32-62,65,68-77H,13-24H2,1-11H3. The molecule has 9 fully saturated rings. The van der Waals surface area contributed by atoms with E-state index in [1.807, 2.05) is 13.8 Å². The van der Waals surface area contributed by atoms with E-state index in [0.717, 1.165) is 51.4 Å². The van der Waals surface area contributed by atoms with Gasteiger partial charge in [-0.3, -0.25) is 9.59 Å². The quantitative estimate of drug-likeness (QED) is 0.0459. The van der Waals surface area contributed by atoms with Crippen molar-refractivity contribution in [2.75, 3.05) is 41.2 Å². The third kappa shape index (κ3) is 14.9. The maximum atomic E-state index is 12.3. The van der Waals surface area contributed by atoms with Crippen molar-refractivity contribution in [1.82, 2.24) is 0 Å². The molecule has 4 aliphatic carbocycles. The second-order valence-corrected chi connectivity index (χ2v) is 28.2. The highest BCUT2D eigenvalue weighted by Crippen LogP contribution is 2.67. The number of hydrogen-bond acceptors (Lipinski definition) is 30. The Labute approximate surface area is 547 Å². The summed E-state index contributed by atoms with van der Waals surface area (Å²) < 4.78 is 102. The smallest absolute Gasteiger partial charge is 0.303 e. The maximum absolute atomic E-state index is 12.3. The van der Waals surface area contributed by atoms with Gasteiger partial charge in [0.2, 0.25) is 0 Å². The Balaban J connectivity index is 0.710. The van der Waals surface area contributed by atoms with Crippen LogP contribution in [0.4, 0.5) is 0 Å². The van der Waals surface area contributed by atoms with Crippen LogP contribution in [-0.2, 0) is 90.1 Å². The van der Waals surface area contributed by atoms with Gasteiger partial charge in [-0.15, -0.1) is 0 Å². The summed E-state index contributed by atoms with van der Waals surface area (Å²) in [7, 11) is 4.43. The Bertz CT molecular complexity index is 2520. The minimum Gasteiger partial charge on any atom is -0.457 e. The van der Waals surface area contributed by atoms with Gasteiger partial charge >= 0.3 is 11.9 Å². The fourth-order valence-electron chi connectivity index (χ4n) is 17.4. The number of esters is 2. The van der Waals surface area contributed by atoms with E-state index in [2.05, 4.69) is 19.9 Å². The molecule has 0 amide bonds. The fraction of sp³-hybridized carbons (Fsp3) is 0.938. The number of ether oxygens (including phenoxy) is 17. The summed E-state index contributed by atoms with van der Waals surface area (Å²) in [4.78, 5) is 24.3. The zero-order chi connectivity index (χ0) is 68.2. The lowest BCUT2D eigenvalue weighted by Gasteiger charge is -2.58. The number of carbonyl (C=O) groups excluding carboxylic acids is 2. The van der Waals surface area contributed by atoms with Crippen LogP contribution in [0.3, 0.4) is 0 Å². The van der Waals surface area contributed by atoms with Crippen molar-refractivity contribution < 1.29 is 146 Å². The predicted octanol–water partition coefficient (Wildman–Crippen LogP) is -1.53. The van der Waals surface area contributed by atoms with Gasteiger partial charge in [-0.2, -0.15) is 0 Å². The van der Waals surface area contributed by atoms with E-state index in [-0.39, 0.29) is 29.0 Å². The van der Waals surface area contributed by atoms with Crippen LogP contribution < -0.4 is 0 Å². The molecule has 0 bridgehead atoms. The van der Waals surface area contributed by atoms with Gasteiger partial charge < -0.3 is 137 Å². The van der Waals surface area contributed by atoms with Crippen molar-refractivity contribution in [2.24, 2.45) is 34.5 Å². The molecule has 0 spiro atoms. The van der Waals surface area contributed by atoms with Crippen molar-refractivity contribution in [2.45, 2.75) is 304 Å². The van der Waals surface area contributed by atoms with Crippen molar-refractivity contribution in [3.63, 3.8) is 0 Å². The van der Waals surface area contributed by atoms with E-state index in [9.17, 15) is 65.8 Å². The van der Waals surface area contributed by atoms with E-state index in [1.54, 1.807) is 21.0 Å². The number of aliphatic hydroxyl groups is 11. The van der Waals surface area contributed by atoms with Gasteiger partial charge in [-0.05, 0) is 114 Å². The molecule has 6 saturated heterocycles. The van der Waals surface area contributed by atoms with Crippen molar-refractivity contribution in [3.05, 3.63) is 11.6 Å². The van der Waals surface area contributed by atoms with Gasteiger partial charge in [0.15, 0.2) is 49.9 Å². The molecule has 11 N–H and O–H groups in total. The number of fused-ring (bicyclic) bond motifs is 5. The van der Waals surface area contributed by atoms with Gasteiger partial charge in [0, 0.05) is 41.6 Å². The summed E-state index contributed by atoms with van der Waals surface area (Å²) in [5, 5.41) is 118. The molecule has 94 heavy (non-hydrogen) atoms. The predicted molar refractivity (Wildman–Crippen MR) is 317 cm³/mol. The monoisotopic (exact) mass is 1350 g/mol. The molecule has 3 saturated carbocycles. The molecule has 0 radical (unpaired) electrons. The Morgan fingerprint density at radius 3 is 1.68 bits per heavy atom. The summed E-state index contributed by atoms with van der Waals surface area (Å²) >= 11 is 0. The first kappa shape index (κ1) is 74.3. The molecule has 0 aromatic rings. The molecule has 37 unspecified atom stereocenters. The van der Waals surface area contributed by atoms with Crippen LogP contribution >= 0.6 is 0 Å². The second kappa shape index (κ2) is 30.9. The summed E-state index contributed by atoms with van der Waals surface area (Å²) in [6, 6.07) is 0. The van der Waals surface area contributed by atoms with Gasteiger partial charge in [0.1, 0.15) is 104 Å². The zero-order valence-corrected chi connectivity index (χ0v) is 55.4. The van der Waals surface area contributed by atoms with E-state index in [1.165, 1.54) is 33.6 Å². The van der Waals surface area contributed by atoms with E-state index < -0.39 is 210 Å². The molecule has 0 aromatic heterocycles. The molecule has 0 aromatic carbocycles. The number of allylic oxidation sites excluding steroid dienone is 1. The number of carbonyl (C=O) groups is 2. The Kier molecular flexibility index (Phi) is 24.4. The van der Waals surface area contributed by atoms with Crippen LogP contribution in [0.15, 0.2) is 11.6 Å². The van der Waals surface area contributed by atoms with Crippen LogP contribution in [0.1, 0.15) is 113 Å². The Morgan fingerprint density at radius 2 is 1.09 bits per heavy atom. The molecule has 30 nitrogen and oxygen atoms in total. The van der Waals surface area contributed by atoms with Crippen molar-refractivity contribution >= 4 is 11.9 Å². The third-order valence-electron chi connectivity index (χ3n) is 22.6. The molecular formula is C64H104O30. The molecule has 6 heterocycles. The first-order valence-corrected chi connectivity index (χ1v) is 33.4. The molecule has 30 heteroatoms. The fourth-order valence-corrected chi connectivity index (χ4v) is 17.4. The Morgan fingerprint density at radius 1 is 0.543 bits per heavy atom. The van der Waals surface area contributed by atoms with E-state index >= 15 is 0 Å². The Hall–Kier alpha value is -2.36. The highest BCUT2D eigenvalue weighted by Gasteiger charge is 2.62. The van der Waals surface area contributed by atoms with Crippen LogP contribution in [0.5, 0.6) is 0 Å². The van der Waals surface area contributed by atoms with Crippen LogP contribution in [0.25, 0.3) is 0 Å². The lowest BCUT2D eigenvalue weighted by Crippen LogP contribution is -2.65. The van der Waals surface area contributed by atoms with Crippen molar-refractivity contribution in [3.8, 4) is 0 Å². The number of aliphatic hydroxyl groups excluding tert-OH is 11. The lowest BCUT2D eigenvalue weighted by atomic mass is 9.47. The normalized spacial score (nSPS) is 50.9. The topological polar surface area (TPSA) is 414 Å². The van der Waals surface area contributed by atoms with Crippen LogP contribution in [0, 0.1) is 34.5 Å². The van der Waals surface area contributed by atoms with Gasteiger partial charge in [-0.1, -0.05) is 25.5 Å². The maximum Gasteiger partial charge on any atom is 0.303 e. The second-order valence-electron chi connectivity index (χ2n) is 28.2. The first-order valence-electron chi connectivity index (χ1n) is 33.4. The molecule has 10 aliphatic rings. The van der Waals surface area contributed by atoms with Gasteiger partial charge in [-0.25, -0.2) is 0 Å². The summed E-state index contributed by atoms with van der Waals surface area (Å²) in [6.07, 6.45) is -27.9. The number of methoxy groups -OCH3 is 3. The van der Waals surface area contributed by atoms with Gasteiger partial charge in [0.05, 0.1) is 56.4 Å². The third-order valence-corrected chi connectivity index (χ3v) is 22.6. The minimum atomic E-state index is -1.88. The van der Waals surface area contributed by atoms with Crippen molar-refractivity contribution in [1.29, 1.82) is 0 Å². The molecule has 37 atom stereocenters. The SMILES string of the molecule is COC1CC(OC2CCC3(C)C(=CCC4C3CCC3(C)C(C(C)OC5OC(C)C(OC6OC(COC7OC(COC8OC(CO)C(O)C(O)C8O)C(O)C(O)C7O)C(O)C(O)C6O)C(OC)C5O)CCC43)C2)OC(C)C1OC1OC(C)C(OC(C)=O)C(OC)C1OC(C)=O. The zero-order valence-electron chi connectivity index (χ0n) is 55.4. The van der Waals surface area contributed by atoms with Crippen LogP contribution in [0.2, 0.25) is 0 Å². The van der Waals surface area contributed by atoms with Crippen LogP contribution in [-0.4, -0.2) is 300 Å². The average Bonchev–Trinajstić information content (AvgIpc) is 1.44. The molecular weight excluding hydrogens is 1250 g/mol. The van der Waals surface area contributed by atoms with E-state index in [4.69, 9.17) is 80.5 Å². The summed E-state index contributed by atoms with van der Waals surface area (Å²) in [6.45, 7) is 12.7. The first-order chi connectivity index (χ1) is 44.6.